The second kappa shape index (κ2) is 8.03. The van der Waals surface area contributed by atoms with Crippen LogP contribution in [0.3, 0.4) is 0 Å². The zero-order chi connectivity index (χ0) is 19.8. The highest BCUT2D eigenvalue weighted by molar-refractivity contribution is 5.61. The van der Waals surface area contributed by atoms with Crippen LogP contribution in [0.25, 0.3) is 11.3 Å². The van der Waals surface area contributed by atoms with Crippen molar-refractivity contribution in [3.8, 4) is 11.3 Å². The lowest BCUT2D eigenvalue weighted by Gasteiger charge is -2.27. The van der Waals surface area contributed by atoms with E-state index in [0.717, 1.165) is 53.7 Å². The molecule has 2 aliphatic heterocycles. The zero-order valence-corrected chi connectivity index (χ0v) is 17.5. The first-order valence-corrected chi connectivity index (χ1v) is 11.0. The van der Waals surface area contributed by atoms with Crippen molar-refractivity contribution in [2.45, 2.75) is 38.6 Å². The van der Waals surface area contributed by atoms with Crippen molar-refractivity contribution < 1.29 is 4.74 Å². The van der Waals surface area contributed by atoms with Gasteiger partial charge in [-0.2, -0.15) is 5.10 Å². The van der Waals surface area contributed by atoms with Crippen LogP contribution in [0, 0.1) is 24.7 Å². The quantitative estimate of drug-likeness (QED) is 0.838. The molecule has 7 heteroatoms. The van der Waals surface area contributed by atoms with Crippen LogP contribution in [-0.4, -0.2) is 63.8 Å². The summed E-state index contributed by atoms with van der Waals surface area (Å²) in [7, 11) is 1.93. The first-order chi connectivity index (χ1) is 14.1. The Morgan fingerprint density at radius 1 is 1.17 bits per heavy atom. The number of ether oxygens (including phenoxy) is 1. The fourth-order valence-electron chi connectivity index (χ4n) is 5.59. The molecule has 2 aromatic rings. The molecule has 0 radical (unpaired) electrons. The molecule has 1 N–H and O–H groups in total. The number of anilines is 1. The standard InChI is InChI=1S/C22H32N6O/c1-15-20(13-27(2)26-15)21-5-6-22(25-24-21)23-19-8-17-11-28(12-18(17)9-19)10-16-4-3-7-29-14-16/h5-6,13,16-19H,3-4,7-12,14H2,1-2H3,(H,23,25)/t16?,17-,18+,19+. The van der Waals surface area contributed by atoms with Gasteiger partial charge in [-0.05, 0) is 62.5 Å². The highest BCUT2D eigenvalue weighted by Gasteiger charge is 2.41. The van der Waals surface area contributed by atoms with Crippen LogP contribution in [0.15, 0.2) is 18.3 Å². The number of likely N-dealkylation sites (tertiary alicyclic amines) is 1. The fourth-order valence-corrected chi connectivity index (χ4v) is 5.59. The van der Waals surface area contributed by atoms with Gasteiger partial charge in [0.25, 0.3) is 0 Å². The zero-order valence-electron chi connectivity index (χ0n) is 17.5. The van der Waals surface area contributed by atoms with Crippen LogP contribution in [0.2, 0.25) is 0 Å². The Morgan fingerprint density at radius 2 is 2.00 bits per heavy atom. The van der Waals surface area contributed by atoms with E-state index in [-0.39, 0.29) is 0 Å². The predicted molar refractivity (Wildman–Crippen MR) is 113 cm³/mol. The predicted octanol–water partition coefficient (Wildman–Crippen LogP) is 2.73. The number of nitrogens with zero attached hydrogens (tertiary/aromatic N) is 5. The smallest absolute Gasteiger partial charge is 0.148 e. The van der Waals surface area contributed by atoms with Gasteiger partial charge in [-0.1, -0.05) is 0 Å². The van der Waals surface area contributed by atoms with Gasteiger partial charge in [0.05, 0.1) is 18.0 Å². The van der Waals surface area contributed by atoms with E-state index in [9.17, 15) is 0 Å². The maximum Gasteiger partial charge on any atom is 0.148 e. The highest BCUT2D eigenvalue weighted by atomic mass is 16.5. The topological polar surface area (TPSA) is 68.1 Å². The number of hydrogen-bond acceptors (Lipinski definition) is 6. The first kappa shape index (κ1) is 19.0. The van der Waals surface area contributed by atoms with Gasteiger partial charge < -0.3 is 15.0 Å². The third kappa shape index (κ3) is 4.16. The summed E-state index contributed by atoms with van der Waals surface area (Å²) in [5.74, 6) is 3.27. The molecule has 1 saturated carbocycles. The number of aryl methyl sites for hydroxylation is 2. The summed E-state index contributed by atoms with van der Waals surface area (Å²) in [5.41, 5.74) is 2.91. The largest absolute Gasteiger partial charge is 0.381 e. The first-order valence-electron chi connectivity index (χ1n) is 11.0. The van der Waals surface area contributed by atoms with E-state index < -0.39 is 0 Å². The maximum absolute atomic E-state index is 5.66. The fraction of sp³-hybridized carbons (Fsp3) is 0.682. The molecule has 29 heavy (non-hydrogen) atoms. The van der Waals surface area contributed by atoms with Crippen molar-refractivity contribution in [3.63, 3.8) is 0 Å². The third-order valence-electron chi connectivity index (χ3n) is 6.90. The molecule has 2 aromatic heterocycles. The minimum atomic E-state index is 0.519. The van der Waals surface area contributed by atoms with E-state index in [1.54, 1.807) is 0 Å². The summed E-state index contributed by atoms with van der Waals surface area (Å²) < 4.78 is 7.48. The van der Waals surface area contributed by atoms with Gasteiger partial charge >= 0.3 is 0 Å². The van der Waals surface area contributed by atoms with E-state index in [4.69, 9.17) is 4.74 Å². The molecule has 1 unspecified atom stereocenters. The SMILES string of the molecule is Cc1nn(C)cc1-c1ccc(N[C@H]2C[C@@H]3CN(CC4CCCOC4)C[C@@H]3C2)nn1. The van der Waals surface area contributed by atoms with Gasteiger partial charge in [-0.15, -0.1) is 10.2 Å². The molecule has 2 saturated heterocycles. The third-order valence-corrected chi connectivity index (χ3v) is 6.90. The summed E-state index contributed by atoms with van der Waals surface area (Å²) in [5, 5.41) is 16.9. The van der Waals surface area contributed by atoms with E-state index in [2.05, 4.69) is 31.6 Å². The van der Waals surface area contributed by atoms with E-state index >= 15 is 0 Å². The lowest BCUT2D eigenvalue weighted by atomic mass is 10.0. The summed E-state index contributed by atoms with van der Waals surface area (Å²) in [4.78, 5) is 2.69. The summed E-state index contributed by atoms with van der Waals surface area (Å²) in [6, 6.07) is 4.62. The molecule has 0 amide bonds. The maximum atomic E-state index is 5.66. The average Bonchev–Trinajstić information content (AvgIpc) is 3.36. The lowest BCUT2D eigenvalue weighted by Crippen LogP contribution is -2.33. The van der Waals surface area contributed by atoms with Gasteiger partial charge in [-0.3, -0.25) is 4.68 Å². The van der Waals surface area contributed by atoms with Crippen LogP contribution in [0.4, 0.5) is 5.82 Å². The van der Waals surface area contributed by atoms with Crippen molar-refractivity contribution in [2.75, 3.05) is 38.2 Å². The Bertz CT molecular complexity index is 814. The molecule has 1 aliphatic carbocycles. The minimum Gasteiger partial charge on any atom is -0.381 e. The molecule has 5 rings (SSSR count). The van der Waals surface area contributed by atoms with Crippen molar-refractivity contribution in [1.82, 2.24) is 24.9 Å². The number of fused-ring (bicyclic) bond motifs is 1. The van der Waals surface area contributed by atoms with Crippen LogP contribution in [0.1, 0.15) is 31.4 Å². The van der Waals surface area contributed by atoms with E-state index in [1.807, 2.05) is 30.9 Å². The van der Waals surface area contributed by atoms with Crippen LogP contribution in [0.5, 0.6) is 0 Å². The summed E-state index contributed by atoms with van der Waals surface area (Å²) >= 11 is 0. The molecule has 156 valence electrons. The van der Waals surface area contributed by atoms with Gasteiger partial charge in [0.1, 0.15) is 5.82 Å². The number of nitrogens with one attached hydrogen (secondary N) is 1. The van der Waals surface area contributed by atoms with Crippen molar-refractivity contribution >= 4 is 5.82 Å². The van der Waals surface area contributed by atoms with Gasteiger partial charge in [0.2, 0.25) is 0 Å². The average molecular weight is 397 g/mol. The summed E-state index contributed by atoms with van der Waals surface area (Å²) in [6.07, 6.45) is 7.05. The van der Waals surface area contributed by atoms with Gasteiger partial charge in [0.15, 0.2) is 0 Å². The van der Waals surface area contributed by atoms with E-state index in [1.165, 1.54) is 45.3 Å². The molecule has 7 nitrogen and oxygen atoms in total. The highest BCUT2D eigenvalue weighted by Crippen LogP contribution is 2.39. The molecule has 0 aromatic carbocycles. The minimum absolute atomic E-state index is 0.519. The second-order valence-electron chi connectivity index (χ2n) is 9.24. The second-order valence-corrected chi connectivity index (χ2v) is 9.24. The molecule has 0 bridgehead atoms. The molecule has 0 spiro atoms. The monoisotopic (exact) mass is 396 g/mol. The molecular formula is C22H32N6O. The van der Waals surface area contributed by atoms with Crippen LogP contribution in [-0.2, 0) is 11.8 Å². The Morgan fingerprint density at radius 3 is 2.62 bits per heavy atom. The molecule has 4 atom stereocenters. The molecule has 3 aliphatic rings. The lowest BCUT2D eigenvalue weighted by molar-refractivity contribution is 0.0407. The van der Waals surface area contributed by atoms with Crippen molar-refractivity contribution in [2.24, 2.45) is 24.8 Å². The Hall–Kier alpha value is -1.99. The molecule has 4 heterocycles. The van der Waals surface area contributed by atoms with Crippen molar-refractivity contribution in [1.29, 1.82) is 0 Å². The molecule has 3 fully saturated rings. The van der Waals surface area contributed by atoms with Crippen molar-refractivity contribution in [3.05, 3.63) is 24.0 Å². The normalized spacial score (nSPS) is 29.9. The van der Waals surface area contributed by atoms with Crippen LogP contribution >= 0.6 is 0 Å². The number of hydrogen-bond donors (Lipinski definition) is 1. The molecular weight excluding hydrogens is 364 g/mol. The Labute approximate surface area is 172 Å². The number of aromatic nitrogens is 4. The van der Waals surface area contributed by atoms with Gasteiger partial charge in [0, 0.05) is 51.1 Å². The summed E-state index contributed by atoms with van der Waals surface area (Å²) in [6.45, 7) is 7.66. The Balaban J connectivity index is 1.13. The van der Waals surface area contributed by atoms with Gasteiger partial charge in [-0.25, -0.2) is 0 Å². The van der Waals surface area contributed by atoms with Crippen LogP contribution < -0.4 is 5.32 Å². The Kier molecular flexibility index (Phi) is 5.26. The number of rotatable bonds is 5. The van der Waals surface area contributed by atoms with E-state index in [0.29, 0.717) is 6.04 Å².